The molecule has 0 unspecified atom stereocenters. The maximum absolute atomic E-state index is 5.10. The van der Waals surface area contributed by atoms with Gasteiger partial charge >= 0.3 is 0 Å². The van der Waals surface area contributed by atoms with Crippen LogP contribution in [0.1, 0.15) is 0 Å². The minimum atomic E-state index is 0.633. The van der Waals surface area contributed by atoms with Crippen molar-refractivity contribution in [2.75, 3.05) is 9.80 Å². The highest BCUT2D eigenvalue weighted by molar-refractivity contribution is 6.26. The average Bonchev–Trinajstić information content (AvgIpc) is 3.88. The predicted octanol–water partition coefficient (Wildman–Crippen LogP) is 18.4. The molecular weight excluding hydrogens is 913 g/mol. The second kappa shape index (κ2) is 18.5. The van der Waals surface area contributed by atoms with Gasteiger partial charge in [-0.15, -0.1) is 0 Å². The highest BCUT2D eigenvalue weighted by Crippen LogP contribution is 2.44. The number of aromatic nitrogens is 4. The fourth-order valence-corrected chi connectivity index (χ4v) is 10.9. The predicted molar refractivity (Wildman–Crippen MR) is 312 cm³/mol. The number of nitrogens with zero attached hydrogens (tertiary/aromatic N) is 6. The van der Waals surface area contributed by atoms with Crippen molar-refractivity contribution in [3.05, 3.63) is 279 Å². The van der Waals surface area contributed by atoms with Gasteiger partial charge in [0.2, 0.25) is 0 Å². The van der Waals surface area contributed by atoms with Crippen molar-refractivity contribution in [1.29, 1.82) is 0 Å². The molecule has 0 aliphatic carbocycles. The van der Waals surface area contributed by atoms with E-state index in [0.717, 1.165) is 83.7 Å². The number of benzene rings is 12. The summed E-state index contributed by atoms with van der Waals surface area (Å²) in [5.41, 5.74) is 12.7. The largest absolute Gasteiger partial charge is 0.310 e. The van der Waals surface area contributed by atoms with Crippen molar-refractivity contribution in [2.24, 2.45) is 0 Å². The van der Waals surface area contributed by atoms with Gasteiger partial charge in [0.05, 0.1) is 11.0 Å². The van der Waals surface area contributed by atoms with E-state index in [2.05, 4.69) is 233 Å². The molecule has 0 spiro atoms. The summed E-state index contributed by atoms with van der Waals surface area (Å²) in [5, 5.41) is 9.33. The third kappa shape index (κ3) is 7.80. The van der Waals surface area contributed by atoms with Crippen molar-refractivity contribution in [3.63, 3.8) is 0 Å². The van der Waals surface area contributed by atoms with E-state index in [-0.39, 0.29) is 0 Å². The molecule has 14 rings (SSSR count). The lowest BCUT2D eigenvalue weighted by Crippen LogP contribution is -2.09. The van der Waals surface area contributed by atoms with E-state index < -0.39 is 0 Å². The fourth-order valence-electron chi connectivity index (χ4n) is 10.9. The zero-order chi connectivity index (χ0) is 49.7. The monoisotopic (exact) mass is 958 g/mol. The summed E-state index contributed by atoms with van der Waals surface area (Å²) in [6, 6.07) is 99.1. The molecule has 0 bridgehead atoms. The standard InChI is InChI=1S/C69H46N6/c1-7-21-47(22-8-1)67-70-68(48-23-9-2-10-24-48)72-69(71-67)49-35-39-59-60-40-36-56(44-62(60)58-34-20-19-33-57(58)61(59)43-49)75-65-41-37-54(73(50-25-11-3-12-26-50)51-27-13-4-14-28-51)45-63(65)64-46-55(38-42-66(64)75)74(52-29-15-5-16-30-52)53-31-17-6-18-32-53/h1-46H. The molecule has 0 aliphatic heterocycles. The van der Waals surface area contributed by atoms with Crippen LogP contribution in [0, 0.1) is 0 Å². The van der Waals surface area contributed by atoms with Crippen LogP contribution in [-0.4, -0.2) is 19.5 Å². The van der Waals surface area contributed by atoms with E-state index in [1.807, 2.05) is 60.7 Å². The van der Waals surface area contributed by atoms with E-state index in [4.69, 9.17) is 15.0 Å². The molecule has 0 saturated carbocycles. The normalized spacial score (nSPS) is 11.5. The van der Waals surface area contributed by atoms with Crippen molar-refractivity contribution in [3.8, 4) is 39.9 Å². The van der Waals surface area contributed by atoms with E-state index in [1.54, 1.807) is 0 Å². The zero-order valence-corrected chi connectivity index (χ0v) is 40.7. The molecule has 14 aromatic rings. The first-order chi connectivity index (χ1) is 37.2. The molecule has 6 nitrogen and oxygen atoms in total. The lowest BCUT2D eigenvalue weighted by atomic mass is 9.93. The minimum absolute atomic E-state index is 0.633. The van der Waals surface area contributed by atoms with Gasteiger partial charge in [0.15, 0.2) is 17.5 Å². The second-order valence-electron chi connectivity index (χ2n) is 18.8. The van der Waals surface area contributed by atoms with E-state index in [1.165, 1.54) is 26.9 Å². The highest BCUT2D eigenvalue weighted by Gasteiger charge is 2.22. The quantitative estimate of drug-likeness (QED) is 0.128. The summed E-state index contributed by atoms with van der Waals surface area (Å²) in [6.45, 7) is 0. The van der Waals surface area contributed by atoms with Crippen LogP contribution in [0.3, 0.4) is 0 Å². The Bertz CT molecular complexity index is 4100. The van der Waals surface area contributed by atoms with Crippen LogP contribution >= 0.6 is 0 Å². The number of anilines is 6. The Kier molecular flexibility index (Phi) is 10.7. The molecule has 0 amide bonds. The molecule has 0 fully saturated rings. The van der Waals surface area contributed by atoms with Crippen LogP contribution in [0.15, 0.2) is 279 Å². The lowest BCUT2D eigenvalue weighted by Gasteiger charge is -2.26. The molecule has 12 aromatic carbocycles. The van der Waals surface area contributed by atoms with Gasteiger partial charge in [-0.3, -0.25) is 0 Å². The van der Waals surface area contributed by atoms with Crippen LogP contribution < -0.4 is 9.80 Å². The van der Waals surface area contributed by atoms with E-state index in [0.29, 0.717) is 17.5 Å². The molecule has 0 radical (unpaired) electrons. The third-order valence-corrected chi connectivity index (χ3v) is 14.3. The third-order valence-electron chi connectivity index (χ3n) is 14.3. The van der Waals surface area contributed by atoms with Crippen LogP contribution in [0.5, 0.6) is 0 Å². The summed E-state index contributed by atoms with van der Waals surface area (Å²) in [5.74, 6) is 1.91. The van der Waals surface area contributed by atoms with Crippen molar-refractivity contribution in [1.82, 2.24) is 19.5 Å². The summed E-state index contributed by atoms with van der Waals surface area (Å²) in [7, 11) is 0. The first-order valence-electron chi connectivity index (χ1n) is 25.3. The molecule has 0 saturated heterocycles. The van der Waals surface area contributed by atoms with E-state index in [9.17, 15) is 0 Å². The van der Waals surface area contributed by atoms with Gasteiger partial charge in [-0.2, -0.15) is 0 Å². The Labute approximate surface area is 434 Å². The van der Waals surface area contributed by atoms with E-state index >= 15 is 0 Å². The van der Waals surface area contributed by atoms with Crippen LogP contribution in [0.4, 0.5) is 34.1 Å². The van der Waals surface area contributed by atoms with Crippen molar-refractivity contribution < 1.29 is 0 Å². The maximum Gasteiger partial charge on any atom is 0.164 e. The average molecular weight is 959 g/mol. The van der Waals surface area contributed by atoms with Gasteiger partial charge in [0.1, 0.15) is 0 Å². The highest BCUT2D eigenvalue weighted by atomic mass is 15.2. The number of hydrogen-bond acceptors (Lipinski definition) is 5. The molecule has 2 heterocycles. The number of fused-ring (bicyclic) bond motifs is 9. The molecule has 6 heteroatoms. The lowest BCUT2D eigenvalue weighted by molar-refractivity contribution is 1.07. The first-order valence-corrected chi connectivity index (χ1v) is 25.3. The van der Waals surface area contributed by atoms with Crippen LogP contribution in [0.25, 0.3) is 94.0 Å². The maximum atomic E-state index is 5.10. The Hall–Kier alpha value is -10.2. The Morgan fingerprint density at radius 1 is 0.227 bits per heavy atom. The molecule has 75 heavy (non-hydrogen) atoms. The van der Waals surface area contributed by atoms with Gasteiger partial charge < -0.3 is 14.4 Å². The van der Waals surface area contributed by atoms with Crippen LogP contribution in [-0.2, 0) is 0 Å². The van der Waals surface area contributed by atoms with Crippen LogP contribution in [0.2, 0.25) is 0 Å². The topological polar surface area (TPSA) is 50.1 Å². The number of hydrogen-bond donors (Lipinski definition) is 0. The molecule has 2 aromatic heterocycles. The first kappa shape index (κ1) is 43.6. The molecule has 0 atom stereocenters. The van der Waals surface area contributed by atoms with Gasteiger partial charge in [0.25, 0.3) is 0 Å². The Balaban J connectivity index is 0.967. The minimum Gasteiger partial charge on any atom is -0.310 e. The van der Waals surface area contributed by atoms with Crippen molar-refractivity contribution >= 4 is 88.2 Å². The summed E-state index contributed by atoms with van der Waals surface area (Å²) in [6.07, 6.45) is 0. The molecule has 352 valence electrons. The Morgan fingerprint density at radius 2 is 0.573 bits per heavy atom. The fraction of sp³-hybridized carbons (Fsp3) is 0. The smallest absolute Gasteiger partial charge is 0.164 e. The second-order valence-corrected chi connectivity index (χ2v) is 18.8. The molecule has 0 aliphatic rings. The van der Waals surface area contributed by atoms with Gasteiger partial charge in [0, 0.05) is 67.3 Å². The number of para-hydroxylation sites is 4. The summed E-state index contributed by atoms with van der Waals surface area (Å²) < 4.78 is 2.44. The molecular formula is C69H46N6. The van der Waals surface area contributed by atoms with Gasteiger partial charge in [-0.05, 0) is 135 Å². The molecule has 0 N–H and O–H groups in total. The summed E-state index contributed by atoms with van der Waals surface area (Å²) >= 11 is 0. The zero-order valence-electron chi connectivity index (χ0n) is 40.7. The SMILES string of the molecule is c1ccc(-c2nc(-c3ccccc3)nc(-c3ccc4c5ccc(-n6c7ccc(N(c8ccccc8)c8ccccc8)cc7c7cc(N(c8ccccc8)c8ccccc8)ccc76)cc5c5ccccc5c4c3)n2)cc1. The van der Waals surface area contributed by atoms with Gasteiger partial charge in [-0.1, -0.05) is 176 Å². The van der Waals surface area contributed by atoms with Crippen molar-refractivity contribution in [2.45, 2.75) is 0 Å². The number of rotatable bonds is 10. The summed E-state index contributed by atoms with van der Waals surface area (Å²) in [4.78, 5) is 19.9. The Morgan fingerprint density at radius 3 is 1.00 bits per heavy atom. The van der Waals surface area contributed by atoms with Gasteiger partial charge in [-0.25, -0.2) is 15.0 Å².